The third kappa shape index (κ3) is 8.21. The molecule has 0 aliphatic carbocycles. The van der Waals surface area contributed by atoms with Gasteiger partial charge in [0.1, 0.15) is 6.29 Å². The molecule has 0 radical (unpaired) electrons. The zero-order valence-corrected chi connectivity index (χ0v) is 10.3. The summed E-state index contributed by atoms with van der Waals surface area (Å²) in [7, 11) is 1.39. The summed E-state index contributed by atoms with van der Waals surface area (Å²) in [6, 6.07) is 0. The Labute approximate surface area is 97.9 Å². The first-order valence-electron chi connectivity index (χ1n) is 5.93. The van der Waals surface area contributed by atoms with Crippen LogP contribution in [0.1, 0.15) is 51.9 Å². The van der Waals surface area contributed by atoms with E-state index < -0.39 is 0 Å². The Kier molecular flexibility index (Phi) is 9.67. The van der Waals surface area contributed by atoms with E-state index in [9.17, 15) is 9.59 Å². The van der Waals surface area contributed by atoms with Crippen molar-refractivity contribution in [2.45, 2.75) is 51.9 Å². The summed E-state index contributed by atoms with van der Waals surface area (Å²) in [4.78, 5) is 21.4. The van der Waals surface area contributed by atoms with Gasteiger partial charge in [0, 0.05) is 6.42 Å². The first-order chi connectivity index (χ1) is 7.74. The maximum atomic E-state index is 11.1. The van der Waals surface area contributed by atoms with Crippen LogP contribution in [0.15, 0.2) is 11.6 Å². The number of methoxy groups -OCH3 is 1. The van der Waals surface area contributed by atoms with Crippen molar-refractivity contribution < 1.29 is 14.3 Å². The summed E-state index contributed by atoms with van der Waals surface area (Å²) < 4.78 is 4.62. The molecule has 0 aromatic heterocycles. The molecule has 0 aliphatic rings. The van der Waals surface area contributed by atoms with E-state index in [1.165, 1.54) is 20.0 Å². The molecule has 0 fully saturated rings. The van der Waals surface area contributed by atoms with Crippen molar-refractivity contribution >= 4 is 12.3 Å². The average Bonchev–Trinajstić information content (AvgIpc) is 2.30. The van der Waals surface area contributed by atoms with E-state index in [1.807, 2.05) is 0 Å². The van der Waals surface area contributed by atoms with Crippen molar-refractivity contribution in [1.29, 1.82) is 0 Å². The van der Waals surface area contributed by atoms with Crippen LogP contribution in [-0.2, 0) is 14.3 Å². The molecule has 0 unspecified atom stereocenters. The number of hydrogen-bond donors (Lipinski definition) is 0. The van der Waals surface area contributed by atoms with Crippen molar-refractivity contribution in [2.24, 2.45) is 0 Å². The van der Waals surface area contributed by atoms with E-state index in [2.05, 4.69) is 17.7 Å². The lowest BCUT2D eigenvalue weighted by molar-refractivity contribution is -0.139. The minimum Gasteiger partial charge on any atom is -0.469 e. The Morgan fingerprint density at radius 1 is 1.25 bits per heavy atom. The highest BCUT2D eigenvalue weighted by Crippen LogP contribution is 2.13. The van der Waals surface area contributed by atoms with Crippen LogP contribution in [0.5, 0.6) is 0 Å². The van der Waals surface area contributed by atoms with Gasteiger partial charge in [-0.15, -0.1) is 0 Å². The second-order valence-electron chi connectivity index (χ2n) is 3.82. The first-order valence-corrected chi connectivity index (χ1v) is 5.93. The number of unbranched alkanes of at least 4 members (excludes halogenated alkanes) is 3. The van der Waals surface area contributed by atoms with Gasteiger partial charge in [0.15, 0.2) is 0 Å². The molecule has 0 aliphatic heterocycles. The Bertz CT molecular complexity index is 231. The van der Waals surface area contributed by atoms with Gasteiger partial charge in [0.2, 0.25) is 0 Å². The maximum absolute atomic E-state index is 11.1. The number of carbonyl (C=O) groups excluding carboxylic acids is 2. The molecule has 0 N–H and O–H groups in total. The molecule has 0 bridgehead atoms. The number of allylic oxidation sites excluding steroid dienone is 1. The van der Waals surface area contributed by atoms with Crippen molar-refractivity contribution in [1.82, 2.24) is 0 Å². The Morgan fingerprint density at radius 2 is 2.00 bits per heavy atom. The summed E-state index contributed by atoms with van der Waals surface area (Å²) >= 11 is 0. The van der Waals surface area contributed by atoms with Gasteiger partial charge in [0.25, 0.3) is 0 Å². The number of hydrogen-bond acceptors (Lipinski definition) is 3. The second kappa shape index (κ2) is 10.4. The van der Waals surface area contributed by atoms with Gasteiger partial charge < -0.3 is 9.53 Å². The molecule has 0 saturated heterocycles. The van der Waals surface area contributed by atoms with Crippen molar-refractivity contribution in [3.63, 3.8) is 0 Å². The van der Waals surface area contributed by atoms with E-state index >= 15 is 0 Å². The largest absolute Gasteiger partial charge is 0.469 e. The third-order valence-corrected chi connectivity index (χ3v) is 2.42. The van der Waals surface area contributed by atoms with Crippen LogP contribution < -0.4 is 0 Å². The second-order valence-corrected chi connectivity index (χ2v) is 3.82. The molecule has 92 valence electrons. The highest BCUT2D eigenvalue weighted by molar-refractivity contribution is 5.72. The molecule has 0 saturated carbocycles. The molecule has 3 nitrogen and oxygen atoms in total. The first kappa shape index (κ1) is 14.9. The number of aldehydes is 1. The molecule has 16 heavy (non-hydrogen) atoms. The molecule has 0 rings (SSSR count). The fourth-order valence-electron chi connectivity index (χ4n) is 1.47. The third-order valence-electron chi connectivity index (χ3n) is 2.42. The Morgan fingerprint density at radius 3 is 2.56 bits per heavy atom. The summed E-state index contributed by atoms with van der Waals surface area (Å²) in [6.07, 6.45) is 8.95. The highest BCUT2D eigenvalue weighted by Gasteiger charge is 2.05. The van der Waals surface area contributed by atoms with Crippen LogP contribution in [0.2, 0.25) is 0 Å². The lowest BCUT2D eigenvalue weighted by atomic mass is 10.0. The molecule has 0 amide bonds. The number of carbonyl (C=O) groups is 2. The Balaban J connectivity index is 4.06. The fraction of sp³-hybridized carbons (Fsp3) is 0.692. The standard InChI is InChI=1S/C13H22O3/c1-3-4-5-6-8-12(9-7-10-14)11-13(15)16-2/h8,10H,3-7,9,11H2,1-2H3/b12-8+. The fourth-order valence-corrected chi connectivity index (χ4v) is 1.47. The van der Waals surface area contributed by atoms with E-state index in [0.29, 0.717) is 19.3 Å². The average molecular weight is 226 g/mol. The van der Waals surface area contributed by atoms with E-state index in [4.69, 9.17) is 0 Å². The van der Waals surface area contributed by atoms with Crippen molar-refractivity contribution in [3.8, 4) is 0 Å². The highest BCUT2D eigenvalue weighted by atomic mass is 16.5. The minimum absolute atomic E-state index is 0.229. The molecule has 0 heterocycles. The SMILES string of the molecule is CCCCC/C=C(\CCC=O)CC(=O)OC. The topological polar surface area (TPSA) is 43.4 Å². The zero-order valence-electron chi connectivity index (χ0n) is 10.3. The van der Waals surface area contributed by atoms with Crippen molar-refractivity contribution in [2.75, 3.05) is 7.11 Å². The molecule has 3 heteroatoms. The lowest BCUT2D eigenvalue weighted by Crippen LogP contribution is -2.02. The van der Waals surface area contributed by atoms with Gasteiger partial charge in [-0.1, -0.05) is 31.4 Å². The van der Waals surface area contributed by atoms with Crippen LogP contribution in [0.3, 0.4) is 0 Å². The summed E-state index contributed by atoms with van der Waals surface area (Å²) in [6.45, 7) is 2.16. The van der Waals surface area contributed by atoms with Gasteiger partial charge in [-0.05, 0) is 19.3 Å². The predicted molar refractivity (Wildman–Crippen MR) is 64.2 cm³/mol. The van der Waals surface area contributed by atoms with Crippen LogP contribution >= 0.6 is 0 Å². The quantitative estimate of drug-likeness (QED) is 0.263. The van der Waals surface area contributed by atoms with Crippen LogP contribution in [0.4, 0.5) is 0 Å². The molecule has 0 atom stereocenters. The van der Waals surface area contributed by atoms with Gasteiger partial charge in [-0.25, -0.2) is 0 Å². The molecular formula is C13H22O3. The molecule has 0 spiro atoms. The van der Waals surface area contributed by atoms with E-state index in [-0.39, 0.29) is 5.97 Å². The molecule has 0 aromatic rings. The molecular weight excluding hydrogens is 204 g/mol. The lowest BCUT2D eigenvalue weighted by Gasteiger charge is -2.04. The monoisotopic (exact) mass is 226 g/mol. The Hall–Kier alpha value is -1.12. The number of esters is 1. The summed E-state index contributed by atoms with van der Waals surface area (Å²) in [5, 5.41) is 0. The van der Waals surface area contributed by atoms with Crippen LogP contribution in [-0.4, -0.2) is 19.4 Å². The van der Waals surface area contributed by atoms with E-state index in [1.54, 1.807) is 0 Å². The van der Waals surface area contributed by atoms with Gasteiger partial charge in [0.05, 0.1) is 13.5 Å². The predicted octanol–water partition coefficient (Wildman–Crippen LogP) is 3.04. The molecule has 0 aromatic carbocycles. The van der Waals surface area contributed by atoms with E-state index in [0.717, 1.165) is 24.7 Å². The van der Waals surface area contributed by atoms with Gasteiger partial charge in [-0.2, -0.15) is 0 Å². The minimum atomic E-state index is -0.229. The van der Waals surface area contributed by atoms with Crippen molar-refractivity contribution in [3.05, 3.63) is 11.6 Å². The number of ether oxygens (including phenoxy) is 1. The van der Waals surface area contributed by atoms with Crippen LogP contribution in [0.25, 0.3) is 0 Å². The smallest absolute Gasteiger partial charge is 0.309 e. The summed E-state index contributed by atoms with van der Waals surface area (Å²) in [5.41, 5.74) is 1.02. The van der Waals surface area contributed by atoms with Gasteiger partial charge >= 0.3 is 5.97 Å². The normalized spacial score (nSPS) is 11.2. The van der Waals surface area contributed by atoms with Gasteiger partial charge in [-0.3, -0.25) is 4.79 Å². The number of rotatable bonds is 9. The van der Waals surface area contributed by atoms with Crippen LogP contribution in [0, 0.1) is 0 Å². The maximum Gasteiger partial charge on any atom is 0.309 e. The zero-order chi connectivity index (χ0) is 12.2. The summed E-state index contributed by atoms with van der Waals surface area (Å²) in [5.74, 6) is -0.229.